The van der Waals surface area contributed by atoms with E-state index >= 15 is 0 Å². The van der Waals surface area contributed by atoms with Crippen molar-refractivity contribution in [2.24, 2.45) is 0 Å². The van der Waals surface area contributed by atoms with Gasteiger partial charge in [-0.05, 0) is 42.8 Å². The monoisotopic (exact) mass is 596 g/mol. The number of hydrogen-bond acceptors (Lipinski definition) is 7. The third kappa shape index (κ3) is 6.79. The van der Waals surface area contributed by atoms with E-state index in [1.165, 1.54) is 12.1 Å². The first kappa shape index (κ1) is 30.1. The van der Waals surface area contributed by atoms with E-state index in [0.717, 1.165) is 35.8 Å². The van der Waals surface area contributed by atoms with E-state index in [1.54, 1.807) is 20.8 Å². The van der Waals surface area contributed by atoms with Gasteiger partial charge in [0, 0.05) is 12.0 Å². The van der Waals surface area contributed by atoms with Gasteiger partial charge in [0.05, 0.1) is 22.6 Å². The topological polar surface area (TPSA) is 101 Å². The van der Waals surface area contributed by atoms with Gasteiger partial charge in [0.1, 0.15) is 11.3 Å². The summed E-state index contributed by atoms with van der Waals surface area (Å²) in [4.78, 5) is 12.1. The second-order valence-electron chi connectivity index (χ2n) is 8.69. The molecule has 3 rings (SSSR count). The Morgan fingerprint density at radius 3 is 2.15 bits per heavy atom. The first-order valence-corrected chi connectivity index (χ1v) is 13.4. The molecule has 0 radical (unpaired) electrons. The lowest BCUT2D eigenvalue weighted by Crippen LogP contribution is -2.43. The van der Waals surface area contributed by atoms with Crippen LogP contribution in [0.4, 0.5) is 31.5 Å². The fourth-order valence-electron chi connectivity index (χ4n) is 3.45. The lowest BCUT2D eigenvalue weighted by molar-refractivity contribution is -0.137. The van der Waals surface area contributed by atoms with Crippen molar-refractivity contribution in [2.45, 2.75) is 43.6 Å². The normalized spacial score (nSPS) is 12.7. The summed E-state index contributed by atoms with van der Waals surface area (Å²) in [6.07, 6.45) is -9.92. The maximum Gasteiger partial charge on any atom is 0.500 e. The van der Waals surface area contributed by atoms with E-state index in [0.29, 0.717) is 16.9 Å². The molecule has 0 unspecified atom stereocenters. The van der Waals surface area contributed by atoms with Crippen LogP contribution < -0.4 is 14.4 Å². The Morgan fingerprint density at radius 1 is 1.03 bits per heavy atom. The van der Waals surface area contributed by atoms with Crippen molar-refractivity contribution >= 4 is 32.4 Å². The molecule has 1 aromatic heterocycles. The number of benzene rings is 2. The van der Waals surface area contributed by atoms with Crippen LogP contribution in [0.15, 0.2) is 52.9 Å². The molecule has 1 heterocycles. The number of nitrogens with zero attached hydrogens (tertiary/aromatic N) is 3. The van der Waals surface area contributed by atoms with E-state index in [4.69, 9.17) is 4.74 Å². The Bertz CT molecular complexity index is 1410. The number of halogens is 6. The lowest BCUT2D eigenvalue weighted by Gasteiger charge is -2.27. The number of nitrogens with one attached hydrogen (secondary N) is 1. The quantitative estimate of drug-likeness (QED) is 0.263. The van der Waals surface area contributed by atoms with E-state index < -0.39 is 53.7 Å². The molecule has 0 aliphatic rings. The number of hydrogen-bond donors (Lipinski definition) is 1. The predicted octanol–water partition coefficient (Wildman–Crippen LogP) is 5.38. The van der Waals surface area contributed by atoms with Crippen LogP contribution in [0, 0.1) is 0 Å². The van der Waals surface area contributed by atoms with Crippen LogP contribution in [0.3, 0.4) is 0 Å². The first-order valence-electron chi connectivity index (χ1n) is 11.1. The molecule has 212 valence electrons. The number of amides is 1. The SMILES string of the molecule is CCOc1cc(C(F)(F)F)ccc1C(=O)NCC(C)(C)c1ccc(S(=O)(=O)N(c2nncs2)C(F)(F)F)cc1. The molecular weight excluding hydrogens is 574 g/mol. The zero-order valence-electron chi connectivity index (χ0n) is 20.6. The molecule has 3 aromatic rings. The number of ether oxygens (including phenoxy) is 1. The number of sulfonamides is 1. The molecule has 8 nitrogen and oxygen atoms in total. The third-order valence-corrected chi connectivity index (χ3v) is 7.99. The molecule has 1 N–H and O–H groups in total. The summed E-state index contributed by atoms with van der Waals surface area (Å²) in [6, 6.07) is 7.09. The Kier molecular flexibility index (Phi) is 8.50. The average molecular weight is 597 g/mol. The Labute approximate surface area is 223 Å². The van der Waals surface area contributed by atoms with E-state index in [-0.39, 0.29) is 24.5 Å². The number of carbonyl (C=O) groups is 1. The van der Waals surface area contributed by atoms with E-state index in [9.17, 15) is 39.6 Å². The van der Waals surface area contributed by atoms with Gasteiger partial charge in [0.2, 0.25) is 5.13 Å². The Balaban J connectivity index is 1.80. The minimum Gasteiger partial charge on any atom is -0.493 e. The third-order valence-electron chi connectivity index (χ3n) is 5.47. The largest absolute Gasteiger partial charge is 0.500 e. The fraction of sp³-hybridized carbons (Fsp3) is 0.348. The molecular formula is C23H22F6N4O4S2. The standard InChI is InChI=1S/C23H22F6N4O4S2/c1-4-37-18-11-15(22(24,25)26)7-10-17(18)19(34)30-12-21(2,3)14-5-8-16(9-6-14)39(35,36)33(23(27,28)29)20-32-31-13-38-20/h5-11,13H,4,12H2,1-3H3,(H,30,34). The zero-order chi connectivity index (χ0) is 29.2. The van der Waals surface area contributed by atoms with Crippen LogP contribution in [0.1, 0.15) is 42.3 Å². The first-order chi connectivity index (χ1) is 18.0. The molecule has 0 aliphatic carbocycles. The van der Waals surface area contributed by atoms with Crippen molar-refractivity contribution in [2.75, 3.05) is 17.5 Å². The summed E-state index contributed by atoms with van der Waals surface area (Å²) >= 11 is 0.400. The maximum atomic E-state index is 13.6. The molecule has 0 fully saturated rings. The smallest absolute Gasteiger partial charge is 0.493 e. The second kappa shape index (κ2) is 11.0. The van der Waals surface area contributed by atoms with Gasteiger partial charge < -0.3 is 10.1 Å². The maximum absolute atomic E-state index is 13.6. The Morgan fingerprint density at radius 2 is 1.64 bits per heavy atom. The van der Waals surface area contributed by atoms with Crippen molar-refractivity contribution in [1.29, 1.82) is 0 Å². The number of anilines is 1. The molecule has 0 atom stereocenters. The van der Waals surface area contributed by atoms with Crippen molar-refractivity contribution in [1.82, 2.24) is 15.5 Å². The fourth-order valence-corrected chi connectivity index (χ4v) is 5.56. The summed E-state index contributed by atoms with van der Waals surface area (Å²) < 4.78 is 110. The molecule has 0 spiro atoms. The van der Waals surface area contributed by atoms with E-state index in [2.05, 4.69) is 15.5 Å². The highest BCUT2D eigenvalue weighted by atomic mass is 32.2. The van der Waals surface area contributed by atoms with Gasteiger partial charge in [-0.3, -0.25) is 4.79 Å². The predicted molar refractivity (Wildman–Crippen MR) is 130 cm³/mol. The van der Waals surface area contributed by atoms with E-state index in [1.807, 2.05) is 0 Å². The van der Waals surface area contributed by atoms with Crippen LogP contribution in [0.2, 0.25) is 0 Å². The average Bonchev–Trinajstić information content (AvgIpc) is 3.35. The van der Waals surface area contributed by atoms with Gasteiger partial charge in [-0.1, -0.05) is 37.3 Å². The van der Waals surface area contributed by atoms with Gasteiger partial charge >= 0.3 is 12.5 Å². The van der Waals surface area contributed by atoms with Gasteiger partial charge in [0.25, 0.3) is 15.9 Å². The molecule has 0 aliphatic heterocycles. The molecule has 0 saturated heterocycles. The van der Waals surface area contributed by atoms with Crippen molar-refractivity contribution in [3.05, 3.63) is 64.7 Å². The highest BCUT2D eigenvalue weighted by Crippen LogP contribution is 2.36. The minimum absolute atomic E-state index is 0.0210. The van der Waals surface area contributed by atoms with Gasteiger partial charge in [0.15, 0.2) is 0 Å². The summed E-state index contributed by atoms with van der Waals surface area (Å²) in [6.45, 7) is 4.88. The summed E-state index contributed by atoms with van der Waals surface area (Å²) in [7, 11) is -5.08. The lowest BCUT2D eigenvalue weighted by atomic mass is 9.84. The van der Waals surface area contributed by atoms with Crippen LogP contribution in [-0.4, -0.2) is 44.0 Å². The van der Waals surface area contributed by atoms with Crippen molar-refractivity contribution in [3.63, 3.8) is 0 Å². The van der Waals surface area contributed by atoms with Gasteiger partial charge in [-0.2, -0.15) is 13.2 Å². The minimum atomic E-state index is -5.29. The summed E-state index contributed by atoms with van der Waals surface area (Å²) in [5, 5.41) is 8.23. The highest BCUT2D eigenvalue weighted by molar-refractivity contribution is 7.93. The second-order valence-corrected chi connectivity index (χ2v) is 11.3. The summed E-state index contributed by atoms with van der Waals surface area (Å²) in [5.41, 5.74) is -0.530. The van der Waals surface area contributed by atoms with Crippen LogP contribution >= 0.6 is 11.3 Å². The molecule has 39 heavy (non-hydrogen) atoms. The Hall–Kier alpha value is -3.40. The molecule has 1 amide bonds. The molecule has 16 heteroatoms. The molecule has 2 aromatic carbocycles. The summed E-state index contributed by atoms with van der Waals surface area (Å²) in [5.74, 6) is -0.959. The number of rotatable bonds is 9. The number of carbonyl (C=O) groups excluding carboxylic acids is 1. The van der Waals surface area contributed by atoms with Crippen molar-refractivity contribution in [3.8, 4) is 5.75 Å². The molecule has 0 saturated carbocycles. The zero-order valence-corrected chi connectivity index (χ0v) is 22.2. The van der Waals surface area contributed by atoms with Crippen LogP contribution in [-0.2, 0) is 21.6 Å². The number of aromatic nitrogens is 2. The molecule has 0 bridgehead atoms. The van der Waals surface area contributed by atoms with Crippen LogP contribution in [0.5, 0.6) is 5.75 Å². The highest BCUT2D eigenvalue weighted by Gasteiger charge is 2.48. The van der Waals surface area contributed by atoms with Gasteiger partial charge in [-0.15, -0.1) is 27.7 Å². The van der Waals surface area contributed by atoms with Crippen molar-refractivity contribution < 1.29 is 44.3 Å². The number of alkyl halides is 6. The van der Waals surface area contributed by atoms with Crippen LogP contribution in [0.25, 0.3) is 0 Å². The van der Waals surface area contributed by atoms with Gasteiger partial charge in [-0.25, -0.2) is 8.42 Å².